The first-order chi connectivity index (χ1) is 8.71. The third kappa shape index (κ3) is 1.94. The van der Waals surface area contributed by atoms with Gasteiger partial charge in [-0.3, -0.25) is 4.79 Å². The molecule has 1 aromatic heterocycles. The van der Waals surface area contributed by atoms with Gasteiger partial charge in [-0.2, -0.15) is 0 Å². The second-order valence-electron chi connectivity index (χ2n) is 5.54. The van der Waals surface area contributed by atoms with Crippen molar-refractivity contribution in [2.45, 2.75) is 37.7 Å². The molecule has 0 amide bonds. The zero-order valence-electron chi connectivity index (χ0n) is 10.5. The minimum Gasteiger partial charge on any atom is -0.438 e. The van der Waals surface area contributed by atoms with Gasteiger partial charge < -0.3 is 14.4 Å². The van der Waals surface area contributed by atoms with Gasteiger partial charge in [0.15, 0.2) is 17.9 Å². The Morgan fingerprint density at radius 2 is 2.28 bits per heavy atom. The number of carbonyl (C=O) groups is 1. The summed E-state index contributed by atoms with van der Waals surface area (Å²) in [7, 11) is 0. The molecule has 2 atom stereocenters. The molecule has 2 heterocycles. The van der Waals surface area contributed by atoms with Crippen LogP contribution in [0.25, 0.3) is 0 Å². The Kier molecular flexibility index (Phi) is 2.90. The lowest BCUT2D eigenvalue weighted by molar-refractivity contribution is -0.0617. The molecule has 1 N–H and O–H groups in total. The van der Waals surface area contributed by atoms with Crippen molar-refractivity contribution in [3.63, 3.8) is 0 Å². The van der Waals surface area contributed by atoms with Gasteiger partial charge in [0, 0.05) is 25.1 Å². The van der Waals surface area contributed by atoms with Crippen molar-refractivity contribution in [3.05, 3.63) is 17.9 Å². The Balaban J connectivity index is 1.75. The van der Waals surface area contributed by atoms with E-state index in [2.05, 4.69) is 4.90 Å². The highest BCUT2D eigenvalue weighted by molar-refractivity contribution is 5.71. The number of nitrogens with zero attached hydrogens (tertiary/aromatic N) is 1. The summed E-state index contributed by atoms with van der Waals surface area (Å²) in [5, 5.41) is 10.6. The lowest BCUT2D eigenvalue weighted by Crippen LogP contribution is -2.53. The van der Waals surface area contributed by atoms with Crippen LogP contribution in [0.2, 0.25) is 0 Å². The summed E-state index contributed by atoms with van der Waals surface area (Å²) in [6.45, 7) is 1.64. The van der Waals surface area contributed by atoms with E-state index in [4.69, 9.17) is 4.42 Å². The summed E-state index contributed by atoms with van der Waals surface area (Å²) in [5.41, 5.74) is -0.463. The van der Waals surface area contributed by atoms with Crippen LogP contribution >= 0.6 is 0 Å². The molecule has 18 heavy (non-hydrogen) atoms. The molecule has 4 nitrogen and oxygen atoms in total. The Morgan fingerprint density at radius 1 is 1.39 bits per heavy atom. The minimum absolute atomic E-state index is 0.338. The predicted molar refractivity (Wildman–Crippen MR) is 67.8 cm³/mol. The number of hydrogen-bond acceptors (Lipinski definition) is 4. The predicted octanol–water partition coefficient (Wildman–Crippen LogP) is 2.22. The second kappa shape index (κ2) is 4.43. The largest absolute Gasteiger partial charge is 0.438 e. The Labute approximate surface area is 107 Å². The minimum atomic E-state index is -0.463. The fraction of sp³-hybridized carbons (Fsp3) is 0.643. The fourth-order valence-electron chi connectivity index (χ4n) is 3.35. The third-order valence-corrected chi connectivity index (χ3v) is 4.47. The highest BCUT2D eigenvalue weighted by Crippen LogP contribution is 2.40. The van der Waals surface area contributed by atoms with Gasteiger partial charge in [-0.15, -0.1) is 0 Å². The number of carbonyl (C=O) groups excluding carboxylic acids is 1. The second-order valence-corrected chi connectivity index (χ2v) is 5.54. The van der Waals surface area contributed by atoms with Gasteiger partial charge in [0.1, 0.15) is 0 Å². The van der Waals surface area contributed by atoms with Crippen molar-refractivity contribution >= 4 is 12.2 Å². The molecule has 1 saturated carbocycles. The van der Waals surface area contributed by atoms with Crippen molar-refractivity contribution in [2.24, 2.45) is 5.92 Å². The van der Waals surface area contributed by atoms with Crippen molar-refractivity contribution in [1.29, 1.82) is 0 Å². The van der Waals surface area contributed by atoms with Crippen LogP contribution in [0.1, 0.15) is 42.7 Å². The van der Waals surface area contributed by atoms with Crippen molar-refractivity contribution < 1.29 is 14.3 Å². The lowest BCUT2D eigenvalue weighted by Gasteiger charge is -2.47. The Hall–Kier alpha value is -1.29. The zero-order valence-corrected chi connectivity index (χ0v) is 10.5. The van der Waals surface area contributed by atoms with Crippen LogP contribution < -0.4 is 4.90 Å². The van der Waals surface area contributed by atoms with Crippen molar-refractivity contribution in [1.82, 2.24) is 0 Å². The van der Waals surface area contributed by atoms with Gasteiger partial charge in [0.2, 0.25) is 0 Å². The van der Waals surface area contributed by atoms with Crippen molar-refractivity contribution in [2.75, 3.05) is 18.0 Å². The van der Waals surface area contributed by atoms with Crippen LogP contribution in [0, 0.1) is 5.92 Å². The molecular formula is C14H19NO3. The topological polar surface area (TPSA) is 53.7 Å². The van der Waals surface area contributed by atoms with Crippen LogP contribution in [0.15, 0.2) is 16.5 Å². The van der Waals surface area contributed by atoms with E-state index in [1.54, 1.807) is 6.07 Å². The summed E-state index contributed by atoms with van der Waals surface area (Å²) in [4.78, 5) is 12.8. The average molecular weight is 249 g/mol. The fourth-order valence-corrected chi connectivity index (χ4v) is 3.35. The molecule has 4 heteroatoms. The van der Waals surface area contributed by atoms with E-state index in [0.717, 1.165) is 50.9 Å². The number of aliphatic hydroxyl groups is 1. The monoisotopic (exact) mass is 249 g/mol. The van der Waals surface area contributed by atoms with E-state index in [9.17, 15) is 9.90 Å². The number of fused-ring (bicyclic) bond motifs is 1. The molecular weight excluding hydrogens is 230 g/mol. The summed E-state index contributed by atoms with van der Waals surface area (Å²) < 4.78 is 5.46. The maximum absolute atomic E-state index is 10.6. The maximum Gasteiger partial charge on any atom is 0.196 e. The van der Waals surface area contributed by atoms with Gasteiger partial charge in [-0.25, -0.2) is 0 Å². The van der Waals surface area contributed by atoms with Crippen molar-refractivity contribution in [3.8, 4) is 0 Å². The zero-order chi connectivity index (χ0) is 12.6. The lowest BCUT2D eigenvalue weighted by atomic mass is 9.71. The highest BCUT2D eigenvalue weighted by Gasteiger charge is 2.43. The summed E-state index contributed by atoms with van der Waals surface area (Å²) in [6, 6.07) is 3.54. The highest BCUT2D eigenvalue weighted by atomic mass is 16.4. The number of anilines is 1. The number of aldehydes is 1. The molecule has 98 valence electrons. The van der Waals surface area contributed by atoms with E-state index in [-0.39, 0.29) is 0 Å². The number of piperidine rings is 1. The molecule has 2 fully saturated rings. The first-order valence-corrected chi connectivity index (χ1v) is 6.74. The van der Waals surface area contributed by atoms with Gasteiger partial charge in [0.25, 0.3) is 0 Å². The summed E-state index contributed by atoms with van der Waals surface area (Å²) >= 11 is 0. The number of hydrogen-bond donors (Lipinski definition) is 1. The van der Waals surface area contributed by atoms with Gasteiger partial charge in [0.05, 0.1) is 5.60 Å². The quantitative estimate of drug-likeness (QED) is 0.817. The first kappa shape index (κ1) is 11.8. The molecule has 1 aromatic rings. The van der Waals surface area contributed by atoms with E-state index < -0.39 is 5.60 Å². The maximum atomic E-state index is 10.6. The molecule has 3 rings (SSSR count). The molecule has 1 aliphatic heterocycles. The summed E-state index contributed by atoms with van der Waals surface area (Å²) in [5.74, 6) is 1.46. The van der Waals surface area contributed by atoms with Crippen LogP contribution in [0.5, 0.6) is 0 Å². The number of rotatable bonds is 2. The molecule has 0 radical (unpaired) electrons. The molecule has 0 aromatic carbocycles. The standard InChI is InChI=1S/C14H19NO3/c16-10-12-4-5-13(18-12)15-8-7-14(17)6-2-1-3-11(14)9-15/h4-5,10-11,17H,1-3,6-9H2. The van der Waals surface area contributed by atoms with Gasteiger partial charge >= 0.3 is 0 Å². The van der Waals surface area contributed by atoms with E-state index in [0.29, 0.717) is 11.7 Å². The summed E-state index contributed by atoms with van der Waals surface area (Å²) in [6.07, 6.45) is 5.90. The molecule has 1 aliphatic carbocycles. The molecule has 0 spiro atoms. The third-order valence-electron chi connectivity index (χ3n) is 4.47. The van der Waals surface area contributed by atoms with E-state index in [1.807, 2.05) is 6.07 Å². The Morgan fingerprint density at radius 3 is 3.06 bits per heavy atom. The number of furan rings is 1. The van der Waals surface area contributed by atoms with E-state index in [1.165, 1.54) is 6.42 Å². The van der Waals surface area contributed by atoms with Crippen LogP contribution in [0.3, 0.4) is 0 Å². The Bertz CT molecular complexity index is 442. The molecule has 2 unspecified atom stereocenters. The smallest absolute Gasteiger partial charge is 0.196 e. The van der Waals surface area contributed by atoms with Gasteiger partial charge in [-0.05, 0) is 25.3 Å². The molecule has 2 aliphatic rings. The SMILES string of the molecule is O=Cc1ccc(N2CCC3(O)CCCCC3C2)o1. The average Bonchev–Trinajstić information content (AvgIpc) is 2.86. The van der Waals surface area contributed by atoms with E-state index >= 15 is 0 Å². The molecule has 0 bridgehead atoms. The van der Waals surface area contributed by atoms with Crippen LogP contribution in [-0.4, -0.2) is 30.1 Å². The first-order valence-electron chi connectivity index (χ1n) is 6.74. The van der Waals surface area contributed by atoms with Crippen LogP contribution in [-0.2, 0) is 0 Å². The van der Waals surface area contributed by atoms with Gasteiger partial charge in [-0.1, -0.05) is 12.8 Å². The van der Waals surface area contributed by atoms with Crippen LogP contribution in [0.4, 0.5) is 5.88 Å². The molecule has 1 saturated heterocycles. The normalized spacial score (nSPS) is 32.1.